The van der Waals surface area contributed by atoms with Crippen molar-refractivity contribution < 1.29 is 14.4 Å². The number of carbonyl (C=O) groups is 1. The Morgan fingerprint density at radius 2 is 2.13 bits per heavy atom. The largest absolute Gasteiger partial charge is 0.495 e. The number of hydrogen-bond acceptors (Lipinski definition) is 5. The molecule has 0 atom stereocenters. The zero-order valence-electron chi connectivity index (χ0n) is 12.2. The minimum absolute atomic E-state index is 0.211. The Labute approximate surface area is 136 Å². The minimum Gasteiger partial charge on any atom is -0.495 e. The molecule has 1 N–H and O–H groups in total. The van der Waals surface area contributed by atoms with Crippen molar-refractivity contribution in [2.45, 2.75) is 0 Å². The maximum Gasteiger partial charge on any atom is 0.265 e. The summed E-state index contributed by atoms with van der Waals surface area (Å²) in [5.74, 6) is 0.195. The quantitative estimate of drug-likeness (QED) is 0.774. The number of amides is 1. The van der Waals surface area contributed by atoms with Crippen molar-refractivity contribution >= 4 is 34.2 Å². The molecule has 1 heterocycles. The zero-order valence-corrected chi connectivity index (χ0v) is 12.9. The lowest BCUT2D eigenvalue weighted by Crippen LogP contribution is -2.26. The average Bonchev–Trinajstić information content (AvgIpc) is 2.96. The van der Waals surface area contributed by atoms with Crippen LogP contribution in [-0.4, -0.2) is 34.8 Å². The molecule has 8 heteroatoms. The van der Waals surface area contributed by atoms with E-state index in [1.165, 1.54) is 12.0 Å². The van der Waals surface area contributed by atoms with Crippen LogP contribution >= 0.6 is 11.6 Å². The van der Waals surface area contributed by atoms with Gasteiger partial charge in [-0.15, -0.1) is 5.10 Å². The third kappa shape index (κ3) is 3.35. The van der Waals surface area contributed by atoms with Crippen molar-refractivity contribution in [3.63, 3.8) is 0 Å². The number of rotatable bonds is 5. The van der Waals surface area contributed by atoms with E-state index in [1.807, 2.05) is 18.2 Å². The molecular formula is C15H13ClN4O3. The fourth-order valence-electron chi connectivity index (χ4n) is 2.00. The molecule has 7 nitrogen and oxygen atoms in total. The molecule has 3 rings (SSSR count). The molecule has 0 saturated carbocycles. The van der Waals surface area contributed by atoms with Crippen molar-refractivity contribution in [1.29, 1.82) is 0 Å². The van der Waals surface area contributed by atoms with Gasteiger partial charge in [-0.25, -0.2) is 0 Å². The van der Waals surface area contributed by atoms with E-state index in [9.17, 15) is 4.79 Å². The van der Waals surface area contributed by atoms with Crippen LogP contribution in [0.1, 0.15) is 0 Å². The highest BCUT2D eigenvalue weighted by Crippen LogP contribution is 2.27. The summed E-state index contributed by atoms with van der Waals surface area (Å²) in [5, 5.41) is 10.9. The fourth-order valence-corrected chi connectivity index (χ4v) is 2.26. The smallest absolute Gasteiger partial charge is 0.265 e. The first-order valence-electron chi connectivity index (χ1n) is 6.74. The summed E-state index contributed by atoms with van der Waals surface area (Å²) in [4.78, 5) is 18.5. The summed E-state index contributed by atoms with van der Waals surface area (Å²) < 4.78 is 5.05. The lowest BCUT2D eigenvalue weighted by molar-refractivity contribution is -0.121. The number of fused-ring (bicyclic) bond motifs is 1. The van der Waals surface area contributed by atoms with Gasteiger partial charge in [0.1, 0.15) is 16.8 Å². The van der Waals surface area contributed by atoms with Gasteiger partial charge in [-0.3, -0.25) is 4.79 Å². The maximum absolute atomic E-state index is 11.9. The fraction of sp³-hybridized carbons (Fsp3) is 0.133. The summed E-state index contributed by atoms with van der Waals surface area (Å²) in [5.41, 5.74) is 1.93. The van der Waals surface area contributed by atoms with Crippen molar-refractivity contribution in [2.75, 3.05) is 19.0 Å². The molecule has 2 aromatic carbocycles. The van der Waals surface area contributed by atoms with Crippen molar-refractivity contribution in [3.8, 4) is 5.75 Å². The van der Waals surface area contributed by atoms with Crippen LogP contribution in [0.15, 0.2) is 42.5 Å². The molecule has 1 aromatic heterocycles. The highest BCUT2D eigenvalue weighted by atomic mass is 35.5. The number of para-hydroxylation sites is 1. The third-order valence-electron chi connectivity index (χ3n) is 3.07. The van der Waals surface area contributed by atoms with Gasteiger partial charge in [0, 0.05) is 5.69 Å². The Morgan fingerprint density at radius 1 is 1.30 bits per heavy atom. The Balaban J connectivity index is 1.62. The van der Waals surface area contributed by atoms with E-state index in [4.69, 9.17) is 21.2 Å². The van der Waals surface area contributed by atoms with E-state index in [0.717, 1.165) is 0 Å². The molecule has 0 unspecified atom stereocenters. The number of aromatic nitrogens is 3. The normalized spacial score (nSPS) is 10.5. The number of halogens is 1. The molecule has 23 heavy (non-hydrogen) atoms. The van der Waals surface area contributed by atoms with E-state index in [-0.39, 0.29) is 12.5 Å². The van der Waals surface area contributed by atoms with Gasteiger partial charge in [-0.2, -0.15) is 0 Å². The van der Waals surface area contributed by atoms with Gasteiger partial charge >= 0.3 is 0 Å². The van der Waals surface area contributed by atoms with Crippen molar-refractivity contribution in [1.82, 2.24) is 15.2 Å². The first-order chi connectivity index (χ1) is 11.2. The van der Waals surface area contributed by atoms with Crippen LogP contribution < -0.4 is 14.9 Å². The molecule has 1 amide bonds. The topological polar surface area (TPSA) is 78.3 Å². The molecule has 0 radical (unpaired) electrons. The SMILES string of the molecule is COc1ccc(NC(=O)COn2nnc3ccccc32)cc1Cl. The lowest BCUT2D eigenvalue weighted by Gasteiger charge is -2.08. The Morgan fingerprint density at radius 3 is 2.91 bits per heavy atom. The second-order valence-corrected chi connectivity index (χ2v) is 5.03. The first-order valence-corrected chi connectivity index (χ1v) is 7.12. The van der Waals surface area contributed by atoms with Crippen LogP contribution in [0, 0.1) is 0 Å². The number of ether oxygens (including phenoxy) is 1. The van der Waals surface area contributed by atoms with Gasteiger partial charge in [-0.05, 0) is 35.5 Å². The van der Waals surface area contributed by atoms with E-state index >= 15 is 0 Å². The molecule has 0 fully saturated rings. The van der Waals surface area contributed by atoms with Gasteiger partial charge in [0.05, 0.1) is 12.1 Å². The van der Waals surface area contributed by atoms with E-state index in [1.54, 1.807) is 24.3 Å². The van der Waals surface area contributed by atoms with Crippen LogP contribution in [0.4, 0.5) is 5.69 Å². The summed E-state index contributed by atoms with van der Waals surface area (Å²) in [6.07, 6.45) is 0. The Kier molecular flexibility index (Phi) is 4.29. The van der Waals surface area contributed by atoms with Crippen LogP contribution in [0.25, 0.3) is 11.0 Å². The summed E-state index contributed by atoms with van der Waals surface area (Å²) >= 11 is 6.01. The first kappa shape index (κ1) is 15.1. The number of benzene rings is 2. The number of nitrogens with one attached hydrogen (secondary N) is 1. The van der Waals surface area contributed by atoms with Crippen LogP contribution in [0.3, 0.4) is 0 Å². The summed E-state index contributed by atoms with van der Waals surface area (Å²) in [6.45, 7) is -0.211. The predicted molar refractivity (Wildman–Crippen MR) is 85.6 cm³/mol. The zero-order chi connectivity index (χ0) is 16.2. The van der Waals surface area contributed by atoms with E-state index in [0.29, 0.717) is 27.5 Å². The summed E-state index contributed by atoms with van der Waals surface area (Å²) in [7, 11) is 1.52. The average molecular weight is 333 g/mol. The number of hydrogen-bond donors (Lipinski definition) is 1. The minimum atomic E-state index is -0.342. The highest BCUT2D eigenvalue weighted by Gasteiger charge is 2.09. The number of anilines is 1. The monoisotopic (exact) mass is 332 g/mol. The van der Waals surface area contributed by atoms with Crippen LogP contribution in [0.5, 0.6) is 5.75 Å². The van der Waals surface area contributed by atoms with Gasteiger partial charge < -0.3 is 14.9 Å². The Bertz CT molecular complexity index is 850. The summed E-state index contributed by atoms with van der Waals surface area (Å²) in [6, 6.07) is 12.3. The molecule has 0 aliphatic carbocycles. The molecule has 0 aliphatic heterocycles. The van der Waals surface area contributed by atoms with Gasteiger partial charge in [0.2, 0.25) is 0 Å². The lowest BCUT2D eigenvalue weighted by atomic mass is 10.3. The molecular weight excluding hydrogens is 320 g/mol. The Hall–Kier alpha value is -2.80. The maximum atomic E-state index is 11.9. The highest BCUT2D eigenvalue weighted by molar-refractivity contribution is 6.32. The predicted octanol–water partition coefficient (Wildman–Crippen LogP) is 2.16. The van der Waals surface area contributed by atoms with Crippen LogP contribution in [0.2, 0.25) is 5.02 Å². The van der Waals surface area contributed by atoms with E-state index in [2.05, 4.69) is 15.6 Å². The standard InChI is InChI=1S/C15H13ClN4O3/c1-22-14-7-6-10(8-11(14)16)17-15(21)9-23-20-13-5-3-2-4-12(13)18-19-20/h2-8H,9H2,1H3,(H,17,21). The van der Waals surface area contributed by atoms with Crippen molar-refractivity contribution in [3.05, 3.63) is 47.5 Å². The molecule has 0 bridgehead atoms. The number of nitrogens with zero attached hydrogens (tertiary/aromatic N) is 3. The third-order valence-corrected chi connectivity index (χ3v) is 3.37. The van der Waals surface area contributed by atoms with Crippen molar-refractivity contribution in [2.24, 2.45) is 0 Å². The second kappa shape index (κ2) is 6.53. The number of methoxy groups -OCH3 is 1. The molecule has 3 aromatic rings. The van der Waals surface area contributed by atoms with Gasteiger partial charge in [0.25, 0.3) is 5.91 Å². The molecule has 0 aliphatic rings. The van der Waals surface area contributed by atoms with Gasteiger partial charge in [-0.1, -0.05) is 28.6 Å². The van der Waals surface area contributed by atoms with Gasteiger partial charge in [0.15, 0.2) is 6.61 Å². The molecule has 0 saturated heterocycles. The van der Waals surface area contributed by atoms with E-state index < -0.39 is 0 Å². The second-order valence-electron chi connectivity index (χ2n) is 4.62. The molecule has 0 spiro atoms. The van der Waals surface area contributed by atoms with Crippen LogP contribution in [-0.2, 0) is 4.79 Å². The number of carbonyl (C=O) groups excluding carboxylic acids is 1. The molecule has 118 valence electrons.